The van der Waals surface area contributed by atoms with Gasteiger partial charge >= 0.3 is 0 Å². The van der Waals surface area contributed by atoms with Crippen molar-refractivity contribution in [1.29, 1.82) is 0 Å². The molecule has 18 heavy (non-hydrogen) atoms. The number of nitrogens with two attached hydrogens (primary N) is 1. The van der Waals surface area contributed by atoms with Gasteiger partial charge in [0.05, 0.1) is 11.9 Å². The van der Waals surface area contributed by atoms with E-state index in [0.717, 1.165) is 13.0 Å². The molecule has 1 heterocycles. The quantitative estimate of drug-likeness (QED) is 0.882. The highest BCUT2D eigenvalue weighted by atomic mass is 35.5. The molecule has 1 aliphatic rings. The molecule has 1 amide bonds. The Labute approximate surface area is 114 Å². The molecule has 3 N–H and O–H groups in total. The zero-order chi connectivity index (χ0) is 12.3. The van der Waals surface area contributed by atoms with Gasteiger partial charge in [0.2, 0.25) is 0 Å². The molecule has 1 aromatic rings. The largest absolute Gasteiger partial charge is 0.397 e. The highest BCUT2D eigenvalue weighted by molar-refractivity contribution is 5.92. The van der Waals surface area contributed by atoms with Crippen LogP contribution in [0.2, 0.25) is 0 Å². The van der Waals surface area contributed by atoms with E-state index in [9.17, 15) is 4.79 Å². The van der Waals surface area contributed by atoms with Crippen LogP contribution in [0.15, 0.2) is 18.3 Å². The molecule has 100 valence electrons. The first kappa shape index (κ1) is 14.8. The van der Waals surface area contributed by atoms with Crippen molar-refractivity contribution in [3.63, 3.8) is 0 Å². The molecule has 0 aliphatic heterocycles. The second kappa shape index (κ2) is 6.05. The standard InChI is InChI=1S/C13H19N3O.ClH/c1-2-13(6-3-7-13)9-16-12(17)11-5-4-10(14)8-15-11;/h4-5,8H,2-3,6-7,9,14H2,1H3,(H,16,17);1H. The number of pyridine rings is 1. The molecule has 0 radical (unpaired) electrons. The van der Waals surface area contributed by atoms with E-state index in [-0.39, 0.29) is 18.3 Å². The Bertz CT molecular complexity index is 396. The lowest BCUT2D eigenvalue weighted by atomic mass is 9.67. The lowest BCUT2D eigenvalue weighted by molar-refractivity contribution is 0.0845. The number of anilines is 1. The van der Waals surface area contributed by atoms with Gasteiger partial charge < -0.3 is 11.1 Å². The maximum Gasteiger partial charge on any atom is 0.269 e. The summed E-state index contributed by atoms with van der Waals surface area (Å²) in [7, 11) is 0. The van der Waals surface area contributed by atoms with Gasteiger partial charge in [-0.05, 0) is 36.8 Å². The first-order valence-corrected chi connectivity index (χ1v) is 6.15. The van der Waals surface area contributed by atoms with E-state index < -0.39 is 0 Å². The van der Waals surface area contributed by atoms with Crippen molar-refractivity contribution < 1.29 is 4.79 Å². The maximum atomic E-state index is 11.8. The van der Waals surface area contributed by atoms with Gasteiger partial charge in [0.1, 0.15) is 5.69 Å². The molecule has 0 spiro atoms. The van der Waals surface area contributed by atoms with E-state index in [4.69, 9.17) is 5.73 Å². The van der Waals surface area contributed by atoms with Crippen molar-refractivity contribution in [2.75, 3.05) is 12.3 Å². The maximum absolute atomic E-state index is 11.8. The number of nitrogens with one attached hydrogen (secondary N) is 1. The molecule has 0 unspecified atom stereocenters. The van der Waals surface area contributed by atoms with Crippen LogP contribution in [0, 0.1) is 5.41 Å². The number of carbonyl (C=O) groups is 1. The van der Waals surface area contributed by atoms with Crippen molar-refractivity contribution in [3.05, 3.63) is 24.0 Å². The zero-order valence-corrected chi connectivity index (χ0v) is 11.4. The molecule has 1 saturated carbocycles. The summed E-state index contributed by atoms with van der Waals surface area (Å²) in [5.74, 6) is -0.107. The van der Waals surface area contributed by atoms with Gasteiger partial charge in [-0.15, -0.1) is 12.4 Å². The Morgan fingerprint density at radius 2 is 2.22 bits per heavy atom. The van der Waals surface area contributed by atoms with Crippen molar-refractivity contribution in [2.24, 2.45) is 5.41 Å². The van der Waals surface area contributed by atoms with Gasteiger partial charge in [-0.3, -0.25) is 4.79 Å². The summed E-state index contributed by atoms with van der Waals surface area (Å²) in [6.45, 7) is 2.95. The van der Waals surface area contributed by atoms with Crippen LogP contribution in [0.4, 0.5) is 5.69 Å². The van der Waals surface area contributed by atoms with Crippen LogP contribution < -0.4 is 11.1 Å². The number of rotatable bonds is 4. The van der Waals surface area contributed by atoms with Gasteiger partial charge in [-0.25, -0.2) is 4.98 Å². The second-order valence-electron chi connectivity index (χ2n) is 4.87. The molecular weight excluding hydrogens is 250 g/mol. The Hall–Kier alpha value is -1.29. The third-order valence-electron chi connectivity index (χ3n) is 3.81. The third-order valence-corrected chi connectivity index (χ3v) is 3.81. The molecule has 1 aromatic heterocycles. The van der Waals surface area contributed by atoms with Crippen molar-refractivity contribution >= 4 is 24.0 Å². The minimum Gasteiger partial charge on any atom is -0.397 e. The van der Waals surface area contributed by atoms with Gasteiger partial charge in [0.25, 0.3) is 5.91 Å². The fourth-order valence-corrected chi connectivity index (χ4v) is 2.23. The topological polar surface area (TPSA) is 68.0 Å². The van der Waals surface area contributed by atoms with E-state index in [1.165, 1.54) is 25.5 Å². The van der Waals surface area contributed by atoms with Crippen LogP contribution in [0.3, 0.4) is 0 Å². The summed E-state index contributed by atoms with van der Waals surface area (Å²) < 4.78 is 0. The third kappa shape index (κ3) is 3.13. The SMILES string of the molecule is CCC1(CNC(=O)c2ccc(N)cn2)CCC1.Cl. The fourth-order valence-electron chi connectivity index (χ4n) is 2.23. The second-order valence-corrected chi connectivity index (χ2v) is 4.87. The molecule has 0 saturated heterocycles. The average Bonchev–Trinajstić information content (AvgIpc) is 2.29. The molecule has 0 bridgehead atoms. The normalized spacial score (nSPS) is 16.3. The number of nitrogen functional groups attached to an aromatic ring is 1. The van der Waals surface area contributed by atoms with Gasteiger partial charge in [0.15, 0.2) is 0 Å². The summed E-state index contributed by atoms with van der Waals surface area (Å²) in [5.41, 5.74) is 6.87. The van der Waals surface area contributed by atoms with Crippen molar-refractivity contribution in [1.82, 2.24) is 10.3 Å². The van der Waals surface area contributed by atoms with Crippen molar-refractivity contribution in [2.45, 2.75) is 32.6 Å². The first-order chi connectivity index (χ1) is 8.15. The van der Waals surface area contributed by atoms with Crippen molar-refractivity contribution in [3.8, 4) is 0 Å². The van der Waals surface area contributed by atoms with Crippen LogP contribution in [0.5, 0.6) is 0 Å². The fraction of sp³-hybridized carbons (Fsp3) is 0.538. The summed E-state index contributed by atoms with van der Waals surface area (Å²) >= 11 is 0. The predicted molar refractivity (Wildman–Crippen MR) is 74.8 cm³/mol. The smallest absolute Gasteiger partial charge is 0.269 e. The monoisotopic (exact) mass is 269 g/mol. The number of carbonyl (C=O) groups excluding carboxylic acids is 1. The molecule has 4 nitrogen and oxygen atoms in total. The molecule has 5 heteroatoms. The van der Waals surface area contributed by atoms with E-state index in [2.05, 4.69) is 17.2 Å². The Kier molecular flexibility index (Phi) is 4.96. The minimum atomic E-state index is -0.107. The zero-order valence-electron chi connectivity index (χ0n) is 10.6. The average molecular weight is 270 g/mol. The van der Waals surface area contributed by atoms with E-state index in [1.807, 2.05) is 0 Å². The molecule has 0 aromatic carbocycles. The van der Waals surface area contributed by atoms with Gasteiger partial charge in [-0.1, -0.05) is 13.3 Å². The van der Waals surface area contributed by atoms with Gasteiger partial charge in [-0.2, -0.15) is 0 Å². The number of halogens is 1. The van der Waals surface area contributed by atoms with E-state index >= 15 is 0 Å². The Morgan fingerprint density at radius 1 is 1.50 bits per heavy atom. The van der Waals surface area contributed by atoms with Crippen LogP contribution in [-0.4, -0.2) is 17.4 Å². The molecule has 1 fully saturated rings. The minimum absolute atomic E-state index is 0. The van der Waals surface area contributed by atoms with Crippen LogP contribution in [0.1, 0.15) is 43.1 Å². The number of hydrogen-bond acceptors (Lipinski definition) is 3. The molecule has 1 aliphatic carbocycles. The summed E-state index contributed by atoms with van der Waals surface area (Å²) in [6.07, 6.45) is 6.36. The predicted octanol–water partition coefficient (Wildman–Crippen LogP) is 2.40. The summed E-state index contributed by atoms with van der Waals surface area (Å²) in [6, 6.07) is 3.35. The van der Waals surface area contributed by atoms with Crippen LogP contribution in [-0.2, 0) is 0 Å². The molecule has 2 rings (SSSR count). The Balaban J connectivity index is 0.00000162. The van der Waals surface area contributed by atoms with E-state index in [1.54, 1.807) is 12.1 Å². The van der Waals surface area contributed by atoms with Gasteiger partial charge in [0, 0.05) is 6.54 Å². The highest BCUT2D eigenvalue weighted by Crippen LogP contribution is 2.43. The Morgan fingerprint density at radius 3 is 2.67 bits per heavy atom. The van der Waals surface area contributed by atoms with Crippen LogP contribution in [0.25, 0.3) is 0 Å². The number of amides is 1. The molecular formula is C13H20ClN3O. The molecule has 0 atom stereocenters. The lowest BCUT2D eigenvalue weighted by Gasteiger charge is -2.41. The highest BCUT2D eigenvalue weighted by Gasteiger charge is 2.35. The number of aromatic nitrogens is 1. The summed E-state index contributed by atoms with van der Waals surface area (Å²) in [5, 5.41) is 2.97. The van der Waals surface area contributed by atoms with Crippen LogP contribution >= 0.6 is 12.4 Å². The first-order valence-electron chi connectivity index (χ1n) is 6.15. The number of nitrogens with zero attached hydrogens (tertiary/aromatic N) is 1. The lowest BCUT2D eigenvalue weighted by Crippen LogP contribution is -2.41. The van der Waals surface area contributed by atoms with E-state index in [0.29, 0.717) is 16.8 Å². The number of hydrogen-bond donors (Lipinski definition) is 2. The summed E-state index contributed by atoms with van der Waals surface area (Å²) in [4.78, 5) is 15.9.